The van der Waals surface area contributed by atoms with Crippen molar-refractivity contribution >= 4 is 0 Å². The van der Waals surface area contributed by atoms with E-state index in [9.17, 15) is 0 Å². The highest BCUT2D eigenvalue weighted by molar-refractivity contribution is 5.49. The molecule has 0 N–H and O–H groups in total. The van der Waals surface area contributed by atoms with Crippen LogP contribution in [0.1, 0.15) is 17.5 Å². The monoisotopic (exact) mass is 286 g/mol. The lowest BCUT2D eigenvalue weighted by Crippen LogP contribution is -1.97. The number of para-hydroxylation sites is 1. The normalized spacial score (nSPS) is 19.3. The molecule has 0 heterocycles. The smallest absolute Gasteiger partial charge is 0.131 e. The molecule has 3 aliphatic carbocycles. The summed E-state index contributed by atoms with van der Waals surface area (Å²) in [5.41, 5.74) is 5.57. The fraction of sp³-hybridized carbons (Fsp3) is 0.143. The van der Waals surface area contributed by atoms with Crippen molar-refractivity contribution in [2.75, 3.05) is 0 Å². The summed E-state index contributed by atoms with van der Waals surface area (Å²) in [6.07, 6.45) is 11.8. The van der Waals surface area contributed by atoms with Crippen LogP contribution in [0.25, 0.3) is 0 Å². The van der Waals surface area contributed by atoms with E-state index in [1.807, 2.05) is 30.3 Å². The molecule has 1 nitrogen and oxygen atoms in total. The topological polar surface area (TPSA) is 9.23 Å². The Morgan fingerprint density at radius 1 is 0.864 bits per heavy atom. The van der Waals surface area contributed by atoms with E-state index in [4.69, 9.17) is 4.74 Å². The van der Waals surface area contributed by atoms with Crippen LogP contribution in [0.15, 0.2) is 84.0 Å². The van der Waals surface area contributed by atoms with Gasteiger partial charge in [-0.25, -0.2) is 0 Å². The Bertz CT molecular complexity index is 779. The maximum atomic E-state index is 6.10. The van der Waals surface area contributed by atoms with Gasteiger partial charge in [-0.2, -0.15) is 0 Å². The molecule has 1 heteroatoms. The average Bonchev–Trinajstić information content (AvgIpc) is 2.88. The maximum Gasteiger partial charge on any atom is 0.131 e. The number of rotatable bonds is 2. The molecule has 0 unspecified atom stereocenters. The Balaban J connectivity index is 1.67. The Morgan fingerprint density at radius 3 is 2.59 bits per heavy atom. The number of hydrogen-bond acceptors (Lipinski definition) is 1. The van der Waals surface area contributed by atoms with E-state index in [0.717, 1.165) is 30.8 Å². The van der Waals surface area contributed by atoms with Crippen LogP contribution in [0, 0.1) is 0 Å². The Hall–Kier alpha value is -2.54. The third-order valence-electron chi connectivity index (χ3n) is 4.26. The molecular formula is C21H18O. The first-order valence-corrected chi connectivity index (χ1v) is 7.77. The van der Waals surface area contributed by atoms with Gasteiger partial charge >= 0.3 is 0 Å². The molecule has 2 bridgehead atoms. The molecule has 0 spiro atoms. The van der Waals surface area contributed by atoms with Crippen molar-refractivity contribution in [3.63, 3.8) is 0 Å². The highest BCUT2D eigenvalue weighted by atomic mass is 16.5. The molecule has 0 saturated heterocycles. The molecule has 0 aliphatic heterocycles. The second kappa shape index (κ2) is 5.69. The van der Waals surface area contributed by atoms with Crippen LogP contribution in [-0.2, 0) is 12.8 Å². The summed E-state index contributed by atoms with van der Waals surface area (Å²) in [6, 6.07) is 16.7. The van der Waals surface area contributed by atoms with Crippen LogP contribution < -0.4 is 4.74 Å². The highest BCUT2D eigenvalue weighted by Gasteiger charge is 2.17. The molecule has 2 aromatic carbocycles. The molecule has 108 valence electrons. The van der Waals surface area contributed by atoms with Gasteiger partial charge in [0, 0.05) is 0 Å². The van der Waals surface area contributed by atoms with Crippen molar-refractivity contribution in [1.82, 2.24) is 0 Å². The van der Waals surface area contributed by atoms with E-state index in [2.05, 4.69) is 42.5 Å². The number of allylic oxidation sites excluding steroid dienone is 6. The van der Waals surface area contributed by atoms with Gasteiger partial charge < -0.3 is 4.74 Å². The minimum atomic E-state index is 0.900. The van der Waals surface area contributed by atoms with Gasteiger partial charge in [-0.3, -0.25) is 0 Å². The lowest BCUT2D eigenvalue weighted by Gasteiger charge is -2.11. The van der Waals surface area contributed by atoms with E-state index < -0.39 is 0 Å². The molecular weight excluding hydrogens is 268 g/mol. The summed E-state index contributed by atoms with van der Waals surface area (Å²) in [4.78, 5) is 0. The van der Waals surface area contributed by atoms with Crippen molar-refractivity contribution < 1.29 is 4.74 Å². The molecule has 2 aromatic rings. The molecule has 0 saturated carbocycles. The van der Waals surface area contributed by atoms with Crippen molar-refractivity contribution in [3.05, 3.63) is 95.1 Å². The van der Waals surface area contributed by atoms with E-state index in [0.29, 0.717) is 0 Å². The predicted molar refractivity (Wildman–Crippen MR) is 90.3 cm³/mol. The Kier molecular flexibility index (Phi) is 3.40. The summed E-state index contributed by atoms with van der Waals surface area (Å²) >= 11 is 0. The quantitative estimate of drug-likeness (QED) is 0.719. The lowest BCUT2D eigenvalue weighted by molar-refractivity contribution is 0.478. The Morgan fingerprint density at radius 2 is 1.77 bits per heavy atom. The van der Waals surface area contributed by atoms with Crippen LogP contribution in [0.5, 0.6) is 11.5 Å². The number of fused-ring (bicyclic) bond motifs is 4. The van der Waals surface area contributed by atoms with Gasteiger partial charge in [0.15, 0.2) is 0 Å². The van der Waals surface area contributed by atoms with Crippen LogP contribution in [-0.4, -0.2) is 0 Å². The summed E-state index contributed by atoms with van der Waals surface area (Å²) in [7, 11) is 0. The molecule has 22 heavy (non-hydrogen) atoms. The van der Waals surface area contributed by atoms with Crippen LogP contribution in [0.4, 0.5) is 0 Å². The van der Waals surface area contributed by atoms with Gasteiger partial charge in [0.05, 0.1) is 0 Å². The molecule has 0 radical (unpaired) electrons. The van der Waals surface area contributed by atoms with Gasteiger partial charge in [-0.05, 0) is 54.2 Å². The first kappa shape index (κ1) is 13.1. The van der Waals surface area contributed by atoms with Gasteiger partial charge in [-0.15, -0.1) is 0 Å². The van der Waals surface area contributed by atoms with E-state index in [-0.39, 0.29) is 0 Å². The van der Waals surface area contributed by atoms with Gasteiger partial charge in [-0.1, -0.05) is 60.2 Å². The van der Waals surface area contributed by atoms with E-state index in [1.165, 1.54) is 22.3 Å². The fourth-order valence-electron chi connectivity index (χ4n) is 3.11. The highest BCUT2D eigenvalue weighted by Crippen LogP contribution is 2.34. The molecule has 0 amide bonds. The van der Waals surface area contributed by atoms with Crippen molar-refractivity contribution in [3.8, 4) is 11.5 Å². The zero-order valence-corrected chi connectivity index (χ0v) is 12.5. The third-order valence-corrected chi connectivity index (χ3v) is 4.26. The van der Waals surface area contributed by atoms with Crippen molar-refractivity contribution in [1.29, 1.82) is 0 Å². The molecule has 0 atom stereocenters. The summed E-state index contributed by atoms with van der Waals surface area (Å²) in [5.74, 6) is 1.90. The van der Waals surface area contributed by atoms with E-state index in [1.54, 1.807) is 0 Å². The molecule has 5 rings (SSSR count). The van der Waals surface area contributed by atoms with Gasteiger partial charge in [0.25, 0.3) is 0 Å². The minimum Gasteiger partial charge on any atom is -0.457 e. The molecule has 0 aromatic heterocycles. The zero-order chi connectivity index (χ0) is 14.8. The van der Waals surface area contributed by atoms with Crippen LogP contribution in [0.3, 0.4) is 0 Å². The van der Waals surface area contributed by atoms with Crippen LogP contribution in [0.2, 0.25) is 0 Å². The minimum absolute atomic E-state index is 0.900. The second-order valence-electron chi connectivity index (χ2n) is 5.83. The number of benzene rings is 2. The largest absolute Gasteiger partial charge is 0.457 e. The summed E-state index contributed by atoms with van der Waals surface area (Å²) in [5, 5.41) is 0. The first-order valence-electron chi connectivity index (χ1n) is 7.77. The number of ether oxygens (including phenoxy) is 1. The first-order chi connectivity index (χ1) is 10.9. The van der Waals surface area contributed by atoms with Gasteiger partial charge in [0.2, 0.25) is 0 Å². The summed E-state index contributed by atoms with van der Waals surface area (Å²) < 4.78 is 6.10. The second-order valence-corrected chi connectivity index (χ2v) is 5.83. The molecule has 3 aliphatic rings. The summed E-state index contributed by atoms with van der Waals surface area (Å²) in [6.45, 7) is 0. The third kappa shape index (κ3) is 2.62. The zero-order valence-electron chi connectivity index (χ0n) is 12.5. The Labute approximate surface area is 131 Å². The van der Waals surface area contributed by atoms with E-state index >= 15 is 0 Å². The van der Waals surface area contributed by atoms with Gasteiger partial charge in [0.1, 0.15) is 11.5 Å². The van der Waals surface area contributed by atoms with Crippen molar-refractivity contribution in [2.45, 2.75) is 19.3 Å². The SMILES string of the molecule is C1=CCC(=C2Cc3ccc(c(Oc4ccccc4)c3)C2)C=C1. The van der Waals surface area contributed by atoms with Crippen molar-refractivity contribution in [2.24, 2.45) is 0 Å². The standard InChI is InChI=1S/C21H18O/c1-3-7-17(8-4-1)19-13-16-11-12-18(15-19)21(14-16)22-20-9-5-2-6-10-20/h1-7,9-12,14H,8,13,15H2. The lowest BCUT2D eigenvalue weighted by atomic mass is 9.95. The maximum absolute atomic E-state index is 6.10. The molecule has 0 fully saturated rings. The fourth-order valence-corrected chi connectivity index (χ4v) is 3.11. The average molecular weight is 286 g/mol. The van der Waals surface area contributed by atoms with Crippen LogP contribution >= 0.6 is 0 Å². The predicted octanol–water partition coefficient (Wildman–Crippen LogP) is 5.39. The number of hydrogen-bond donors (Lipinski definition) is 0.